The van der Waals surface area contributed by atoms with Crippen LogP contribution in [-0.4, -0.2) is 32.4 Å². The Bertz CT molecular complexity index is 1370. The van der Waals surface area contributed by atoms with Gasteiger partial charge in [0.25, 0.3) is 0 Å². The van der Waals surface area contributed by atoms with Crippen LogP contribution in [0.2, 0.25) is 0 Å². The van der Waals surface area contributed by atoms with Gasteiger partial charge in [0.15, 0.2) is 11.7 Å². The second-order valence-electron chi connectivity index (χ2n) is 10.0. The summed E-state index contributed by atoms with van der Waals surface area (Å²) in [5.74, 6) is 1.79. The largest absolute Gasteiger partial charge is 0.460 e. The van der Waals surface area contributed by atoms with E-state index in [0.29, 0.717) is 58.0 Å². The smallest absolute Gasteiger partial charge is 0.229 e. The third-order valence-corrected chi connectivity index (χ3v) is 7.15. The molecular formula is C31H42N2O5S. The third-order valence-electron chi connectivity index (χ3n) is 6.54. The molecule has 39 heavy (non-hydrogen) atoms. The Balaban J connectivity index is 1.89. The molecule has 0 aliphatic rings. The van der Waals surface area contributed by atoms with Crippen LogP contribution in [0.25, 0.3) is 11.0 Å². The number of fused-ring (bicyclic) bond motifs is 1. The molecule has 0 aliphatic carbocycles. The van der Waals surface area contributed by atoms with E-state index in [1.165, 1.54) is 0 Å². The number of unbranched alkanes of at least 4 members (excludes halogenated alkanes) is 2. The van der Waals surface area contributed by atoms with E-state index in [1.54, 1.807) is 42.5 Å². The monoisotopic (exact) mass is 554 g/mol. The normalized spacial score (nSPS) is 13.0. The van der Waals surface area contributed by atoms with Gasteiger partial charge in [0.05, 0.1) is 17.9 Å². The summed E-state index contributed by atoms with van der Waals surface area (Å²) in [6.45, 7) is 8.49. The van der Waals surface area contributed by atoms with Crippen molar-refractivity contribution in [3.05, 3.63) is 59.4 Å². The lowest BCUT2D eigenvalue weighted by atomic mass is 9.98. The number of furan rings is 1. The molecule has 2 aromatic carbocycles. The zero-order valence-electron chi connectivity index (χ0n) is 23.9. The first kappa shape index (κ1) is 30.4. The number of nitrogens with one attached hydrogen (secondary N) is 1. The standard InChI is InChI=1S/C31H42N2O5S/c1-6-10-13-23(12-8-3)32-29(9-4)37-25-18-15-22(16-19-25)31(34)30-26-21-24(33-39(5,35)36)17-20-27(26)38-28(30)14-11-7-2/h15-21,23,33H,6-14H2,1-5H3/b32-29+. The van der Waals surface area contributed by atoms with E-state index < -0.39 is 10.0 Å². The summed E-state index contributed by atoms with van der Waals surface area (Å²) in [6, 6.07) is 12.4. The van der Waals surface area contributed by atoms with E-state index >= 15 is 0 Å². The van der Waals surface area contributed by atoms with Crippen LogP contribution in [0.1, 0.15) is 101 Å². The molecule has 8 heteroatoms. The van der Waals surface area contributed by atoms with Crippen molar-refractivity contribution in [1.82, 2.24) is 0 Å². The maximum atomic E-state index is 13.7. The highest BCUT2D eigenvalue weighted by Crippen LogP contribution is 2.32. The lowest BCUT2D eigenvalue weighted by Gasteiger charge is -2.14. The van der Waals surface area contributed by atoms with Gasteiger partial charge in [-0.05, 0) is 61.7 Å². The van der Waals surface area contributed by atoms with Crippen LogP contribution in [0.4, 0.5) is 5.69 Å². The molecule has 0 saturated carbocycles. The average molecular weight is 555 g/mol. The van der Waals surface area contributed by atoms with Crippen molar-refractivity contribution in [3.63, 3.8) is 0 Å². The fourth-order valence-corrected chi connectivity index (χ4v) is 5.14. The molecule has 1 N–H and O–H groups in total. The maximum Gasteiger partial charge on any atom is 0.229 e. The average Bonchev–Trinajstić information content (AvgIpc) is 3.26. The van der Waals surface area contributed by atoms with Crippen LogP contribution < -0.4 is 9.46 Å². The first-order valence-electron chi connectivity index (χ1n) is 14.1. The predicted molar refractivity (Wildman–Crippen MR) is 160 cm³/mol. The molecule has 0 aliphatic heterocycles. The third kappa shape index (κ3) is 8.68. The Labute approximate surface area is 233 Å². The van der Waals surface area contributed by atoms with Crippen molar-refractivity contribution in [3.8, 4) is 5.75 Å². The molecule has 0 spiro atoms. The van der Waals surface area contributed by atoms with Crippen LogP contribution in [-0.2, 0) is 16.4 Å². The fraction of sp³-hybridized carbons (Fsp3) is 0.484. The molecule has 1 heterocycles. The van der Waals surface area contributed by atoms with Crippen LogP contribution in [0.3, 0.4) is 0 Å². The molecule has 0 bridgehead atoms. The molecule has 0 amide bonds. The minimum absolute atomic E-state index is 0.171. The Hall–Kier alpha value is -3.13. The van der Waals surface area contributed by atoms with Crippen LogP contribution in [0.15, 0.2) is 51.9 Å². The van der Waals surface area contributed by atoms with E-state index in [9.17, 15) is 13.2 Å². The maximum absolute atomic E-state index is 13.7. The van der Waals surface area contributed by atoms with Crippen molar-refractivity contribution < 1.29 is 22.4 Å². The predicted octanol–water partition coefficient (Wildman–Crippen LogP) is 7.92. The molecule has 0 saturated heterocycles. The highest BCUT2D eigenvalue weighted by atomic mass is 32.2. The van der Waals surface area contributed by atoms with Gasteiger partial charge in [0.1, 0.15) is 17.1 Å². The van der Waals surface area contributed by atoms with Gasteiger partial charge in [0, 0.05) is 29.5 Å². The Morgan fingerprint density at radius 2 is 1.69 bits per heavy atom. The highest BCUT2D eigenvalue weighted by molar-refractivity contribution is 7.92. The van der Waals surface area contributed by atoms with E-state index in [-0.39, 0.29) is 11.8 Å². The quantitative estimate of drug-likeness (QED) is 0.117. The van der Waals surface area contributed by atoms with E-state index in [2.05, 4.69) is 25.5 Å². The van der Waals surface area contributed by atoms with E-state index in [1.807, 2.05) is 6.92 Å². The molecule has 3 rings (SSSR count). The number of nitrogens with zero attached hydrogens (tertiary/aromatic N) is 1. The number of anilines is 1. The number of carbonyl (C=O) groups is 1. The van der Waals surface area contributed by atoms with Crippen LogP contribution in [0, 0.1) is 0 Å². The Morgan fingerprint density at radius 1 is 0.974 bits per heavy atom. The SMILES string of the molecule is CCCCc1oc2ccc(NS(C)(=O)=O)cc2c1C(=O)c1ccc(O/C(CC)=N/C(CCC)CCCC)cc1. The summed E-state index contributed by atoms with van der Waals surface area (Å²) in [7, 11) is -3.46. The fourth-order valence-electron chi connectivity index (χ4n) is 4.58. The number of aliphatic imine (C=N–C) groups is 1. The lowest BCUT2D eigenvalue weighted by molar-refractivity contribution is 0.103. The van der Waals surface area contributed by atoms with Crippen molar-refractivity contribution in [1.29, 1.82) is 0 Å². The molecular weight excluding hydrogens is 512 g/mol. The van der Waals surface area contributed by atoms with Crippen molar-refractivity contribution in [2.24, 2.45) is 4.99 Å². The number of hydrogen-bond donors (Lipinski definition) is 1. The van der Waals surface area contributed by atoms with Crippen molar-refractivity contribution in [2.45, 2.75) is 91.5 Å². The molecule has 1 unspecified atom stereocenters. The summed E-state index contributed by atoms with van der Waals surface area (Å²) in [6.07, 6.45) is 9.72. The molecule has 212 valence electrons. The Morgan fingerprint density at radius 3 is 2.31 bits per heavy atom. The van der Waals surface area contributed by atoms with Gasteiger partial charge >= 0.3 is 0 Å². The highest BCUT2D eigenvalue weighted by Gasteiger charge is 2.23. The van der Waals surface area contributed by atoms with Crippen LogP contribution >= 0.6 is 0 Å². The summed E-state index contributed by atoms with van der Waals surface area (Å²) in [5, 5.41) is 0.592. The van der Waals surface area contributed by atoms with Gasteiger partial charge in [-0.25, -0.2) is 8.42 Å². The molecule has 7 nitrogen and oxygen atoms in total. The summed E-state index contributed by atoms with van der Waals surface area (Å²) in [5.41, 5.74) is 1.92. The van der Waals surface area contributed by atoms with Gasteiger partial charge in [0.2, 0.25) is 10.0 Å². The number of sulfonamides is 1. The first-order valence-corrected chi connectivity index (χ1v) is 16.0. The van der Waals surface area contributed by atoms with E-state index in [4.69, 9.17) is 14.1 Å². The topological polar surface area (TPSA) is 98.0 Å². The molecule has 1 aromatic heterocycles. The zero-order chi connectivity index (χ0) is 28.4. The number of ether oxygens (including phenoxy) is 1. The number of ketones is 1. The van der Waals surface area contributed by atoms with Gasteiger partial charge < -0.3 is 9.15 Å². The second kappa shape index (κ2) is 14.3. The number of benzene rings is 2. The second-order valence-corrected chi connectivity index (χ2v) is 11.8. The minimum Gasteiger partial charge on any atom is -0.460 e. The molecule has 1 atom stereocenters. The number of hydrogen-bond acceptors (Lipinski definition) is 6. The lowest BCUT2D eigenvalue weighted by Crippen LogP contribution is -2.14. The van der Waals surface area contributed by atoms with Gasteiger partial charge in [-0.2, -0.15) is 0 Å². The summed E-state index contributed by atoms with van der Waals surface area (Å²) >= 11 is 0. The number of aryl methyl sites for hydroxylation is 1. The molecule has 3 aromatic rings. The number of carbonyl (C=O) groups excluding carboxylic acids is 1. The summed E-state index contributed by atoms with van der Waals surface area (Å²) < 4.78 is 38.2. The number of rotatable bonds is 15. The minimum atomic E-state index is -3.46. The zero-order valence-corrected chi connectivity index (χ0v) is 24.7. The van der Waals surface area contributed by atoms with Gasteiger partial charge in [-0.3, -0.25) is 14.5 Å². The Kier molecular flexibility index (Phi) is 11.2. The van der Waals surface area contributed by atoms with E-state index in [0.717, 1.165) is 51.2 Å². The van der Waals surface area contributed by atoms with Crippen molar-refractivity contribution in [2.75, 3.05) is 11.0 Å². The summed E-state index contributed by atoms with van der Waals surface area (Å²) in [4.78, 5) is 18.6. The first-order chi connectivity index (χ1) is 18.7. The van der Waals surface area contributed by atoms with Crippen LogP contribution in [0.5, 0.6) is 5.75 Å². The van der Waals surface area contributed by atoms with Crippen molar-refractivity contribution >= 4 is 38.4 Å². The van der Waals surface area contributed by atoms with Gasteiger partial charge in [-0.15, -0.1) is 0 Å². The van der Waals surface area contributed by atoms with Gasteiger partial charge in [-0.1, -0.05) is 53.4 Å². The molecule has 0 fully saturated rings. The molecule has 0 radical (unpaired) electrons.